The van der Waals surface area contributed by atoms with E-state index >= 15 is 0 Å². The first-order valence-electron chi connectivity index (χ1n) is 9.70. The maximum absolute atomic E-state index is 12.3. The molecule has 0 saturated heterocycles. The highest BCUT2D eigenvalue weighted by atomic mass is 35.5. The molecular formula is C24H22Cl2N2O3. The van der Waals surface area contributed by atoms with Crippen molar-refractivity contribution in [3.8, 4) is 11.5 Å². The van der Waals surface area contributed by atoms with Gasteiger partial charge in [-0.2, -0.15) is 5.10 Å². The molecular weight excluding hydrogens is 435 g/mol. The molecule has 0 spiro atoms. The minimum absolute atomic E-state index is 0.263. The van der Waals surface area contributed by atoms with Gasteiger partial charge in [-0.1, -0.05) is 47.5 Å². The number of benzene rings is 3. The first kappa shape index (κ1) is 22.7. The van der Waals surface area contributed by atoms with Crippen LogP contribution in [-0.2, 0) is 6.61 Å². The number of hydrazone groups is 1. The fourth-order valence-electron chi connectivity index (χ4n) is 2.84. The van der Waals surface area contributed by atoms with Crippen molar-refractivity contribution in [2.45, 2.75) is 20.5 Å². The number of aryl methyl sites for hydroxylation is 1. The van der Waals surface area contributed by atoms with Gasteiger partial charge in [-0.3, -0.25) is 4.79 Å². The minimum atomic E-state index is -0.263. The van der Waals surface area contributed by atoms with E-state index in [2.05, 4.69) is 10.5 Å². The van der Waals surface area contributed by atoms with Gasteiger partial charge in [0.15, 0.2) is 11.5 Å². The lowest BCUT2D eigenvalue weighted by Gasteiger charge is -2.13. The van der Waals surface area contributed by atoms with Gasteiger partial charge in [0.2, 0.25) is 0 Å². The number of nitrogens with zero attached hydrogens (tertiary/aromatic N) is 1. The van der Waals surface area contributed by atoms with Crippen LogP contribution in [0.4, 0.5) is 0 Å². The highest BCUT2D eigenvalue weighted by Gasteiger charge is 2.09. The Labute approximate surface area is 191 Å². The van der Waals surface area contributed by atoms with Crippen LogP contribution in [0.3, 0.4) is 0 Å². The molecule has 7 heteroatoms. The number of amides is 1. The topological polar surface area (TPSA) is 59.9 Å². The monoisotopic (exact) mass is 456 g/mol. The molecule has 31 heavy (non-hydrogen) atoms. The van der Waals surface area contributed by atoms with Crippen molar-refractivity contribution < 1.29 is 14.3 Å². The Balaban J connectivity index is 1.67. The first-order valence-corrected chi connectivity index (χ1v) is 10.5. The van der Waals surface area contributed by atoms with Crippen LogP contribution in [-0.4, -0.2) is 18.7 Å². The molecule has 1 amide bonds. The third-order valence-corrected chi connectivity index (χ3v) is 5.15. The molecule has 0 aliphatic heterocycles. The van der Waals surface area contributed by atoms with Crippen LogP contribution in [0.25, 0.3) is 0 Å². The Hall–Kier alpha value is -3.02. The number of carbonyl (C=O) groups is 1. The zero-order valence-electron chi connectivity index (χ0n) is 17.2. The molecule has 0 aliphatic carbocycles. The zero-order valence-corrected chi connectivity index (χ0v) is 18.7. The first-order chi connectivity index (χ1) is 15.0. The van der Waals surface area contributed by atoms with E-state index in [9.17, 15) is 4.79 Å². The van der Waals surface area contributed by atoms with Crippen molar-refractivity contribution in [1.29, 1.82) is 0 Å². The summed E-state index contributed by atoms with van der Waals surface area (Å²) >= 11 is 12.0. The highest BCUT2D eigenvalue weighted by molar-refractivity contribution is 6.42. The number of carbonyl (C=O) groups excluding carboxylic acids is 1. The van der Waals surface area contributed by atoms with Crippen LogP contribution >= 0.6 is 23.2 Å². The van der Waals surface area contributed by atoms with Crippen molar-refractivity contribution in [2.75, 3.05) is 6.61 Å². The molecule has 0 heterocycles. The summed E-state index contributed by atoms with van der Waals surface area (Å²) in [4.78, 5) is 12.3. The molecule has 160 valence electrons. The van der Waals surface area contributed by atoms with E-state index in [1.807, 2.05) is 44.2 Å². The number of rotatable bonds is 8. The van der Waals surface area contributed by atoms with Crippen LogP contribution in [0.2, 0.25) is 10.0 Å². The number of hydrogen-bond donors (Lipinski definition) is 1. The van der Waals surface area contributed by atoms with Gasteiger partial charge in [0.05, 0.1) is 22.9 Å². The van der Waals surface area contributed by atoms with Crippen molar-refractivity contribution >= 4 is 35.3 Å². The Kier molecular flexibility index (Phi) is 7.93. The Morgan fingerprint density at radius 3 is 2.55 bits per heavy atom. The lowest BCUT2D eigenvalue weighted by atomic mass is 10.1. The molecule has 0 radical (unpaired) electrons. The molecule has 0 aromatic heterocycles. The largest absolute Gasteiger partial charge is 0.490 e. The Morgan fingerprint density at radius 2 is 1.81 bits per heavy atom. The number of hydrogen-bond acceptors (Lipinski definition) is 4. The molecule has 0 unspecified atom stereocenters. The highest BCUT2D eigenvalue weighted by Crippen LogP contribution is 2.30. The summed E-state index contributed by atoms with van der Waals surface area (Å²) in [5.74, 6) is 0.909. The van der Waals surface area contributed by atoms with E-state index in [0.29, 0.717) is 40.3 Å². The summed E-state index contributed by atoms with van der Waals surface area (Å²) in [5.41, 5.74) is 5.67. The van der Waals surface area contributed by atoms with E-state index in [1.165, 1.54) is 0 Å². The molecule has 3 aromatic rings. The minimum Gasteiger partial charge on any atom is -0.490 e. The van der Waals surface area contributed by atoms with Crippen LogP contribution < -0.4 is 14.9 Å². The molecule has 0 bridgehead atoms. The van der Waals surface area contributed by atoms with Crippen molar-refractivity contribution in [3.05, 3.63) is 93.0 Å². The summed E-state index contributed by atoms with van der Waals surface area (Å²) in [5, 5.41) is 5.03. The van der Waals surface area contributed by atoms with Gasteiger partial charge in [0.1, 0.15) is 6.61 Å². The predicted molar refractivity (Wildman–Crippen MR) is 125 cm³/mol. The van der Waals surface area contributed by atoms with E-state index in [4.69, 9.17) is 32.7 Å². The second-order valence-corrected chi connectivity index (χ2v) is 7.50. The van der Waals surface area contributed by atoms with Crippen LogP contribution in [0.5, 0.6) is 11.5 Å². The summed E-state index contributed by atoms with van der Waals surface area (Å²) in [6.07, 6.45) is 1.56. The lowest BCUT2D eigenvalue weighted by molar-refractivity contribution is 0.0954. The van der Waals surface area contributed by atoms with Gasteiger partial charge in [-0.15, -0.1) is 0 Å². The summed E-state index contributed by atoms with van der Waals surface area (Å²) in [6.45, 7) is 4.57. The van der Waals surface area contributed by atoms with Gasteiger partial charge in [0.25, 0.3) is 5.91 Å². The smallest absolute Gasteiger partial charge is 0.271 e. The molecule has 0 fully saturated rings. The number of halogens is 2. The molecule has 0 atom stereocenters. The quantitative estimate of drug-likeness (QED) is 0.331. The van der Waals surface area contributed by atoms with Gasteiger partial charge >= 0.3 is 0 Å². The average Bonchev–Trinajstić information content (AvgIpc) is 2.76. The van der Waals surface area contributed by atoms with Crippen molar-refractivity contribution in [2.24, 2.45) is 5.10 Å². The predicted octanol–water partition coefficient (Wildman–Crippen LogP) is 6.04. The van der Waals surface area contributed by atoms with E-state index in [-0.39, 0.29) is 5.91 Å². The van der Waals surface area contributed by atoms with Crippen LogP contribution in [0.1, 0.15) is 34.0 Å². The summed E-state index contributed by atoms with van der Waals surface area (Å²) in [6, 6.07) is 18.1. The maximum atomic E-state index is 12.3. The molecule has 3 rings (SSSR count). The molecule has 0 aliphatic rings. The third kappa shape index (κ3) is 6.23. The van der Waals surface area contributed by atoms with E-state index in [1.54, 1.807) is 36.5 Å². The SMILES string of the molecule is CCOc1cc(/C=N/NC(=O)c2ccccc2C)ccc1OCc1ccc(Cl)c(Cl)c1. The number of nitrogens with one attached hydrogen (secondary N) is 1. The van der Waals surface area contributed by atoms with Gasteiger partial charge in [-0.25, -0.2) is 5.43 Å². The Morgan fingerprint density at radius 1 is 1.00 bits per heavy atom. The summed E-state index contributed by atoms with van der Waals surface area (Å²) < 4.78 is 11.6. The summed E-state index contributed by atoms with van der Waals surface area (Å²) in [7, 11) is 0. The molecule has 1 N–H and O–H groups in total. The molecule has 3 aromatic carbocycles. The lowest BCUT2D eigenvalue weighted by Crippen LogP contribution is -2.18. The second kappa shape index (κ2) is 10.8. The van der Waals surface area contributed by atoms with Gasteiger partial charge in [-0.05, 0) is 66.9 Å². The van der Waals surface area contributed by atoms with Gasteiger partial charge < -0.3 is 9.47 Å². The molecule has 5 nitrogen and oxygen atoms in total. The van der Waals surface area contributed by atoms with Gasteiger partial charge in [0, 0.05) is 5.56 Å². The molecule has 0 saturated carbocycles. The fourth-order valence-corrected chi connectivity index (χ4v) is 3.16. The third-order valence-electron chi connectivity index (χ3n) is 4.42. The van der Waals surface area contributed by atoms with Crippen molar-refractivity contribution in [3.63, 3.8) is 0 Å². The Bertz CT molecular complexity index is 1100. The van der Waals surface area contributed by atoms with Crippen molar-refractivity contribution in [1.82, 2.24) is 5.43 Å². The number of ether oxygens (including phenoxy) is 2. The normalized spacial score (nSPS) is 10.8. The fraction of sp³-hybridized carbons (Fsp3) is 0.167. The average molecular weight is 457 g/mol. The van der Waals surface area contributed by atoms with E-state index < -0.39 is 0 Å². The van der Waals surface area contributed by atoms with Crippen LogP contribution in [0.15, 0.2) is 65.8 Å². The van der Waals surface area contributed by atoms with E-state index in [0.717, 1.165) is 16.7 Å². The maximum Gasteiger partial charge on any atom is 0.271 e. The second-order valence-electron chi connectivity index (χ2n) is 6.69. The zero-order chi connectivity index (χ0) is 22.2. The van der Waals surface area contributed by atoms with Crippen LogP contribution in [0, 0.1) is 6.92 Å². The standard InChI is InChI=1S/C24H22Cl2N2O3/c1-3-30-23-13-17(14-27-28-24(29)19-7-5-4-6-16(19)2)9-11-22(23)31-15-18-8-10-20(25)21(26)12-18/h4-14H,3,15H2,1-2H3,(H,28,29)/b27-14+.